The Morgan fingerprint density at radius 3 is 2.69 bits per heavy atom. The fourth-order valence-corrected chi connectivity index (χ4v) is 3.38. The number of para-hydroxylation sites is 2. The molecular weight excluding hydrogens is 370 g/mol. The largest absolute Gasteiger partial charge is 0.338 e. The van der Waals surface area contributed by atoms with Gasteiger partial charge >= 0.3 is 0 Å². The number of nitriles is 1. The van der Waals surface area contributed by atoms with E-state index in [0.29, 0.717) is 39.1 Å². The fourth-order valence-electron chi connectivity index (χ4n) is 3.38. The molecule has 29 heavy (non-hydrogen) atoms. The number of nitro groups is 1. The Kier molecular flexibility index (Phi) is 4.20. The van der Waals surface area contributed by atoms with E-state index in [9.17, 15) is 20.2 Å². The first-order chi connectivity index (χ1) is 13.9. The van der Waals surface area contributed by atoms with Crippen molar-refractivity contribution in [1.82, 2.24) is 9.38 Å². The number of nitrogens with one attached hydrogen (secondary N) is 1. The summed E-state index contributed by atoms with van der Waals surface area (Å²) in [6.45, 7) is 3.42. The van der Waals surface area contributed by atoms with Crippen LogP contribution in [0.2, 0.25) is 0 Å². The zero-order valence-corrected chi connectivity index (χ0v) is 15.6. The number of aryl methyl sites for hydroxylation is 1. The van der Waals surface area contributed by atoms with Crippen LogP contribution in [-0.4, -0.2) is 20.5 Å². The minimum Gasteiger partial charge on any atom is -0.338 e. The molecule has 142 valence electrons. The SMILES string of the molecule is Cc1cc([N+](=O)[O-])ccc1N=Cc1c(C)c(C#N)c2[nH]c3ccccc3n2c1=O. The third-order valence-electron chi connectivity index (χ3n) is 4.91. The predicted molar refractivity (Wildman–Crippen MR) is 110 cm³/mol. The zero-order chi connectivity index (χ0) is 20.7. The molecule has 1 N–H and O–H groups in total. The second-order valence-corrected chi connectivity index (χ2v) is 6.64. The molecule has 0 spiro atoms. The van der Waals surface area contributed by atoms with E-state index in [1.807, 2.05) is 18.2 Å². The lowest BCUT2D eigenvalue weighted by Gasteiger charge is -2.06. The van der Waals surface area contributed by atoms with Gasteiger partial charge < -0.3 is 4.98 Å². The molecule has 8 nitrogen and oxygen atoms in total. The number of pyridine rings is 1. The summed E-state index contributed by atoms with van der Waals surface area (Å²) in [5, 5.41) is 20.6. The number of nitro benzene ring substituents is 1. The highest BCUT2D eigenvalue weighted by Gasteiger charge is 2.17. The van der Waals surface area contributed by atoms with Crippen LogP contribution < -0.4 is 5.56 Å². The van der Waals surface area contributed by atoms with Crippen molar-refractivity contribution in [3.63, 3.8) is 0 Å². The number of fused-ring (bicyclic) bond motifs is 3. The van der Waals surface area contributed by atoms with E-state index in [2.05, 4.69) is 16.0 Å². The lowest BCUT2D eigenvalue weighted by atomic mass is 10.1. The summed E-state index contributed by atoms with van der Waals surface area (Å²) < 4.78 is 1.48. The van der Waals surface area contributed by atoms with Crippen molar-refractivity contribution in [3.05, 3.63) is 85.2 Å². The number of aliphatic imine (C=N–C) groups is 1. The smallest absolute Gasteiger partial charge is 0.269 e. The lowest BCUT2D eigenvalue weighted by molar-refractivity contribution is -0.384. The molecule has 0 amide bonds. The number of aromatic nitrogens is 2. The summed E-state index contributed by atoms with van der Waals surface area (Å²) in [7, 11) is 0. The second kappa shape index (κ2) is 6.73. The Hall–Kier alpha value is -4.25. The van der Waals surface area contributed by atoms with Crippen molar-refractivity contribution in [3.8, 4) is 6.07 Å². The van der Waals surface area contributed by atoms with Gasteiger partial charge in [0.25, 0.3) is 11.2 Å². The molecule has 0 bridgehead atoms. The first-order valence-corrected chi connectivity index (χ1v) is 8.77. The average Bonchev–Trinajstić information content (AvgIpc) is 3.08. The first-order valence-electron chi connectivity index (χ1n) is 8.77. The fraction of sp³-hybridized carbons (Fsp3) is 0.0952. The number of aromatic amines is 1. The van der Waals surface area contributed by atoms with Crippen LogP contribution in [0.1, 0.15) is 22.3 Å². The number of hydrogen-bond acceptors (Lipinski definition) is 5. The van der Waals surface area contributed by atoms with Gasteiger partial charge in [-0.15, -0.1) is 0 Å². The number of imidazole rings is 1. The minimum atomic E-state index is -0.471. The molecule has 0 fully saturated rings. The van der Waals surface area contributed by atoms with Crippen LogP contribution in [0.25, 0.3) is 16.7 Å². The van der Waals surface area contributed by atoms with E-state index in [-0.39, 0.29) is 11.2 Å². The van der Waals surface area contributed by atoms with Gasteiger partial charge in [0.15, 0.2) is 0 Å². The monoisotopic (exact) mass is 385 g/mol. The van der Waals surface area contributed by atoms with Gasteiger partial charge in [-0.2, -0.15) is 5.26 Å². The van der Waals surface area contributed by atoms with E-state index < -0.39 is 4.92 Å². The van der Waals surface area contributed by atoms with Gasteiger partial charge in [-0.1, -0.05) is 12.1 Å². The molecule has 0 aliphatic rings. The molecule has 2 aromatic heterocycles. The highest BCUT2D eigenvalue weighted by molar-refractivity contribution is 5.89. The molecule has 0 saturated heterocycles. The van der Waals surface area contributed by atoms with E-state index >= 15 is 0 Å². The summed E-state index contributed by atoms with van der Waals surface area (Å²) in [6, 6.07) is 13.8. The molecular formula is C21H15N5O3. The molecule has 4 rings (SSSR count). The Labute approximate surface area is 164 Å². The van der Waals surface area contributed by atoms with Crippen molar-refractivity contribution in [1.29, 1.82) is 5.26 Å². The maximum Gasteiger partial charge on any atom is 0.269 e. The van der Waals surface area contributed by atoms with Crippen LogP contribution >= 0.6 is 0 Å². The van der Waals surface area contributed by atoms with Gasteiger partial charge in [0.2, 0.25) is 0 Å². The molecule has 2 heterocycles. The molecule has 0 atom stereocenters. The van der Waals surface area contributed by atoms with Crippen LogP contribution in [0.4, 0.5) is 11.4 Å². The number of rotatable bonds is 3. The van der Waals surface area contributed by atoms with Crippen LogP contribution in [0.5, 0.6) is 0 Å². The maximum atomic E-state index is 13.2. The quantitative estimate of drug-likeness (QED) is 0.327. The molecule has 0 unspecified atom stereocenters. The molecule has 0 radical (unpaired) electrons. The number of non-ortho nitro benzene ring substituents is 1. The van der Waals surface area contributed by atoms with E-state index in [4.69, 9.17) is 0 Å². The number of nitrogens with zero attached hydrogens (tertiary/aromatic N) is 4. The summed E-state index contributed by atoms with van der Waals surface area (Å²) in [4.78, 5) is 31.1. The topological polar surface area (TPSA) is 117 Å². The normalized spacial score (nSPS) is 11.3. The Morgan fingerprint density at radius 1 is 1.24 bits per heavy atom. The van der Waals surface area contributed by atoms with Crippen molar-refractivity contribution in [2.75, 3.05) is 0 Å². The minimum absolute atomic E-state index is 0.0234. The van der Waals surface area contributed by atoms with Crippen LogP contribution in [0.15, 0.2) is 52.3 Å². The Balaban J connectivity index is 1.94. The highest BCUT2D eigenvalue weighted by atomic mass is 16.6. The zero-order valence-electron chi connectivity index (χ0n) is 15.6. The van der Waals surface area contributed by atoms with Gasteiger partial charge in [0.1, 0.15) is 11.7 Å². The first kappa shape index (κ1) is 18.1. The molecule has 0 saturated carbocycles. The van der Waals surface area contributed by atoms with Crippen molar-refractivity contribution >= 4 is 34.3 Å². The van der Waals surface area contributed by atoms with E-state index in [0.717, 1.165) is 5.52 Å². The third kappa shape index (κ3) is 2.85. The summed E-state index contributed by atoms with van der Waals surface area (Å²) in [5.41, 5.74) is 3.85. The molecule has 0 aliphatic heterocycles. The van der Waals surface area contributed by atoms with Crippen LogP contribution in [-0.2, 0) is 0 Å². The van der Waals surface area contributed by atoms with Gasteiger partial charge in [-0.25, -0.2) is 0 Å². The van der Waals surface area contributed by atoms with E-state index in [1.165, 1.54) is 28.8 Å². The summed E-state index contributed by atoms with van der Waals surface area (Å²) in [6.07, 6.45) is 1.42. The third-order valence-corrected chi connectivity index (χ3v) is 4.91. The standard InChI is InChI=1S/C21H15N5O3/c1-12-9-14(26(28)29)7-8-17(12)23-11-16-13(2)15(10-22)20-24-18-5-3-4-6-19(18)25(20)21(16)27/h3-9,11,24H,1-2H3. The van der Waals surface area contributed by atoms with Gasteiger partial charge in [-0.05, 0) is 43.2 Å². The number of benzene rings is 2. The van der Waals surface area contributed by atoms with Gasteiger partial charge in [0.05, 0.1) is 32.8 Å². The number of H-pyrrole nitrogens is 1. The van der Waals surface area contributed by atoms with Crippen molar-refractivity contribution < 1.29 is 4.92 Å². The Morgan fingerprint density at radius 2 is 2.00 bits per heavy atom. The van der Waals surface area contributed by atoms with Crippen molar-refractivity contribution in [2.24, 2.45) is 4.99 Å². The predicted octanol–water partition coefficient (Wildman–Crippen LogP) is 3.93. The summed E-state index contributed by atoms with van der Waals surface area (Å²) >= 11 is 0. The van der Waals surface area contributed by atoms with Gasteiger partial charge in [-0.3, -0.25) is 24.3 Å². The molecule has 4 aromatic rings. The Bertz CT molecular complexity index is 1440. The number of hydrogen-bond donors (Lipinski definition) is 1. The average molecular weight is 385 g/mol. The van der Waals surface area contributed by atoms with Crippen molar-refractivity contribution in [2.45, 2.75) is 13.8 Å². The van der Waals surface area contributed by atoms with Crippen LogP contribution in [0.3, 0.4) is 0 Å². The van der Waals surface area contributed by atoms with Crippen LogP contribution in [0, 0.1) is 35.3 Å². The molecule has 8 heteroatoms. The highest BCUT2D eigenvalue weighted by Crippen LogP contribution is 2.24. The van der Waals surface area contributed by atoms with Gasteiger partial charge in [0, 0.05) is 18.3 Å². The lowest BCUT2D eigenvalue weighted by Crippen LogP contribution is -2.20. The summed E-state index contributed by atoms with van der Waals surface area (Å²) in [5.74, 6) is 0. The second-order valence-electron chi connectivity index (χ2n) is 6.64. The molecule has 2 aromatic carbocycles. The van der Waals surface area contributed by atoms with E-state index in [1.54, 1.807) is 19.9 Å². The molecule has 0 aliphatic carbocycles. The maximum absolute atomic E-state index is 13.2.